The van der Waals surface area contributed by atoms with Gasteiger partial charge < -0.3 is 10.6 Å². The van der Waals surface area contributed by atoms with Gasteiger partial charge in [0.15, 0.2) is 0 Å². The zero-order valence-electron chi connectivity index (χ0n) is 27.3. The number of amides is 2. The van der Waals surface area contributed by atoms with Crippen LogP contribution in [-0.2, 0) is 29.6 Å². The van der Waals surface area contributed by atoms with Crippen molar-refractivity contribution in [2.75, 3.05) is 20.1 Å². The molecule has 4 aromatic rings. The standard InChI is InChI=1S/C36H40N4O6S2/c1-23-7-5-8-24(2)33(23)39-47(43,44)31-19-15-29(16-20-31)37-35(41)27-11-13-28(14-12-27)36(42)38-30-17-21-32(22-18-30)48(45,46)40-34-25(3)9-6-10-26(34)4/h5-10,15-22,27-28,39-40H,11-14H2,1-4H3,(H,37,41)(H,38,42). The van der Waals surface area contributed by atoms with Crippen LogP contribution < -0.4 is 20.1 Å². The Labute approximate surface area is 282 Å². The quantitative estimate of drug-likeness (QED) is 0.142. The Bertz CT molecular complexity index is 1850. The van der Waals surface area contributed by atoms with Crippen LogP contribution in [-0.4, -0.2) is 28.6 Å². The number of aryl methyl sites for hydroxylation is 4. The Balaban J connectivity index is 1.11. The maximum Gasteiger partial charge on any atom is 0.261 e. The van der Waals surface area contributed by atoms with Crippen LogP contribution in [0, 0.1) is 39.5 Å². The Hall–Kier alpha value is -4.68. The van der Waals surface area contributed by atoms with Gasteiger partial charge in [-0.2, -0.15) is 0 Å². The van der Waals surface area contributed by atoms with Gasteiger partial charge in [-0.25, -0.2) is 16.8 Å². The van der Waals surface area contributed by atoms with E-state index in [9.17, 15) is 26.4 Å². The molecule has 0 aromatic heterocycles. The van der Waals surface area contributed by atoms with Gasteiger partial charge in [0.2, 0.25) is 11.8 Å². The molecule has 0 atom stereocenters. The average Bonchev–Trinajstić information content (AvgIpc) is 3.05. The molecule has 1 saturated carbocycles. The number of anilines is 4. The number of para-hydroxylation sites is 2. The minimum atomic E-state index is -3.81. The van der Waals surface area contributed by atoms with E-state index < -0.39 is 20.0 Å². The van der Waals surface area contributed by atoms with Gasteiger partial charge in [0, 0.05) is 23.2 Å². The minimum absolute atomic E-state index is 0.0833. The summed E-state index contributed by atoms with van der Waals surface area (Å²) in [5, 5.41) is 5.74. The maximum atomic E-state index is 13.0. The van der Waals surface area contributed by atoms with Crippen molar-refractivity contribution in [3.8, 4) is 0 Å². The Kier molecular flexibility index (Phi) is 10.3. The molecule has 0 bridgehead atoms. The molecule has 48 heavy (non-hydrogen) atoms. The summed E-state index contributed by atoms with van der Waals surface area (Å²) in [6.45, 7) is 7.35. The molecule has 10 nitrogen and oxygen atoms in total. The van der Waals surface area contributed by atoms with Crippen molar-refractivity contribution in [3.05, 3.63) is 107 Å². The van der Waals surface area contributed by atoms with Gasteiger partial charge in [0.05, 0.1) is 21.2 Å². The van der Waals surface area contributed by atoms with Crippen molar-refractivity contribution in [2.24, 2.45) is 11.8 Å². The summed E-state index contributed by atoms with van der Waals surface area (Å²) in [5.41, 5.74) is 5.34. The summed E-state index contributed by atoms with van der Waals surface area (Å²) in [6.07, 6.45) is 2.10. The second kappa shape index (κ2) is 14.2. The van der Waals surface area contributed by atoms with Gasteiger partial charge in [-0.15, -0.1) is 0 Å². The number of carbonyl (C=O) groups is 2. The molecular weight excluding hydrogens is 649 g/mol. The lowest BCUT2D eigenvalue weighted by molar-refractivity contribution is -0.125. The van der Waals surface area contributed by atoms with Crippen molar-refractivity contribution in [2.45, 2.75) is 63.2 Å². The molecule has 4 N–H and O–H groups in total. The molecule has 4 aromatic carbocycles. The van der Waals surface area contributed by atoms with Crippen LogP contribution in [0.3, 0.4) is 0 Å². The highest BCUT2D eigenvalue weighted by Gasteiger charge is 2.30. The number of carbonyl (C=O) groups excluding carboxylic acids is 2. The second-order valence-electron chi connectivity index (χ2n) is 12.3. The maximum absolute atomic E-state index is 13.0. The van der Waals surface area contributed by atoms with Crippen molar-refractivity contribution < 1.29 is 26.4 Å². The fraction of sp³-hybridized carbons (Fsp3) is 0.278. The van der Waals surface area contributed by atoms with Crippen molar-refractivity contribution in [3.63, 3.8) is 0 Å². The summed E-state index contributed by atoms with van der Waals surface area (Å²) in [5.74, 6) is -0.914. The van der Waals surface area contributed by atoms with Gasteiger partial charge in [-0.05, 0) is 124 Å². The van der Waals surface area contributed by atoms with Crippen LogP contribution in [0.4, 0.5) is 22.7 Å². The first kappa shape index (κ1) is 34.6. The lowest BCUT2D eigenvalue weighted by Gasteiger charge is -2.27. The van der Waals surface area contributed by atoms with E-state index >= 15 is 0 Å². The second-order valence-corrected chi connectivity index (χ2v) is 15.7. The predicted octanol–water partition coefficient (Wildman–Crippen LogP) is 6.91. The molecule has 1 aliphatic carbocycles. The third-order valence-corrected chi connectivity index (χ3v) is 11.5. The number of nitrogens with one attached hydrogen (secondary N) is 4. The molecule has 0 saturated heterocycles. The molecule has 1 aliphatic rings. The third-order valence-electron chi connectivity index (χ3n) is 8.77. The van der Waals surface area contributed by atoms with Gasteiger partial charge in [-0.3, -0.25) is 19.0 Å². The van der Waals surface area contributed by atoms with Crippen LogP contribution in [0.2, 0.25) is 0 Å². The molecule has 2 amide bonds. The molecule has 5 rings (SSSR count). The van der Waals surface area contributed by atoms with E-state index in [-0.39, 0.29) is 33.4 Å². The molecule has 1 fully saturated rings. The number of hydrogen-bond acceptors (Lipinski definition) is 6. The summed E-state index contributed by atoms with van der Waals surface area (Å²) >= 11 is 0. The minimum Gasteiger partial charge on any atom is -0.326 e. The van der Waals surface area contributed by atoms with Crippen LogP contribution in [0.25, 0.3) is 0 Å². The first-order valence-corrected chi connectivity index (χ1v) is 18.7. The highest BCUT2D eigenvalue weighted by molar-refractivity contribution is 7.93. The van der Waals surface area contributed by atoms with E-state index in [4.69, 9.17) is 0 Å². The monoisotopic (exact) mass is 688 g/mol. The van der Waals surface area contributed by atoms with Crippen LogP contribution in [0.1, 0.15) is 47.9 Å². The number of hydrogen-bond donors (Lipinski definition) is 4. The SMILES string of the molecule is Cc1cccc(C)c1NS(=O)(=O)c1ccc(NC(=O)C2CCC(C(=O)Nc3ccc(S(=O)(=O)Nc4c(C)cccc4C)cc3)CC2)cc1. The molecule has 0 aliphatic heterocycles. The molecule has 0 heterocycles. The van der Waals surface area contributed by atoms with Gasteiger partial charge >= 0.3 is 0 Å². The van der Waals surface area contributed by atoms with Gasteiger partial charge in [0.1, 0.15) is 0 Å². The third kappa shape index (κ3) is 8.06. The first-order valence-electron chi connectivity index (χ1n) is 15.7. The Morgan fingerprint density at radius 3 is 1.08 bits per heavy atom. The molecule has 0 radical (unpaired) electrons. The van der Waals surface area contributed by atoms with Gasteiger partial charge in [0.25, 0.3) is 20.0 Å². The molecule has 0 unspecified atom stereocenters. The lowest BCUT2D eigenvalue weighted by atomic mass is 9.81. The normalized spacial score (nSPS) is 16.5. The van der Waals surface area contributed by atoms with E-state index in [2.05, 4.69) is 20.1 Å². The largest absolute Gasteiger partial charge is 0.326 e. The first-order chi connectivity index (χ1) is 22.7. The van der Waals surface area contributed by atoms with Gasteiger partial charge in [-0.1, -0.05) is 36.4 Å². The highest BCUT2D eigenvalue weighted by atomic mass is 32.2. The fourth-order valence-corrected chi connectivity index (χ4v) is 8.28. The van der Waals surface area contributed by atoms with E-state index in [1.807, 2.05) is 64.1 Å². The molecule has 0 spiro atoms. The lowest BCUT2D eigenvalue weighted by Crippen LogP contribution is -2.32. The van der Waals surface area contributed by atoms with E-state index in [1.54, 1.807) is 24.3 Å². The van der Waals surface area contributed by atoms with Crippen LogP contribution >= 0.6 is 0 Å². The smallest absolute Gasteiger partial charge is 0.261 e. The molecule has 252 valence electrons. The van der Waals surface area contributed by atoms with E-state index in [0.717, 1.165) is 22.3 Å². The van der Waals surface area contributed by atoms with E-state index in [0.29, 0.717) is 48.4 Å². The number of sulfonamides is 2. The van der Waals surface area contributed by atoms with Crippen LogP contribution in [0.15, 0.2) is 94.7 Å². The number of benzene rings is 4. The zero-order valence-corrected chi connectivity index (χ0v) is 29.0. The summed E-state index contributed by atoms with van der Waals surface area (Å²) in [4.78, 5) is 26.2. The van der Waals surface area contributed by atoms with Crippen molar-refractivity contribution >= 4 is 54.6 Å². The highest BCUT2D eigenvalue weighted by Crippen LogP contribution is 2.31. The summed E-state index contributed by atoms with van der Waals surface area (Å²) < 4.78 is 57.2. The summed E-state index contributed by atoms with van der Waals surface area (Å²) in [7, 11) is -7.63. The van der Waals surface area contributed by atoms with Crippen LogP contribution in [0.5, 0.6) is 0 Å². The zero-order chi connectivity index (χ0) is 34.6. The average molecular weight is 689 g/mol. The number of rotatable bonds is 10. The fourth-order valence-electron chi connectivity index (χ4n) is 5.88. The molecular formula is C36H40N4O6S2. The summed E-state index contributed by atoms with van der Waals surface area (Å²) in [6, 6.07) is 23.2. The Morgan fingerprint density at radius 2 is 0.792 bits per heavy atom. The van der Waals surface area contributed by atoms with Crippen molar-refractivity contribution in [1.82, 2.24) is 0 Å². The predicted molar refractivity (Wildman–Crippen MR) is 189 cm³/mol. The Morgan fingerprint density at radius 1 is 0.500 bits per heavy atom. The van der Waals surface area contributed by atoms with E-state index in [1.165, 1.54) is 24.3 Å². The van der Waals surface area contributed by atoms with Crippen molar-refractivity contribution in [1.29, 1.82) is 0 Å². The topological polar surface area (TPSA) is 151 Å². The molecule has 12 heteroatoms.